The Morgan fingerprint density at radius 2 is 2.25 bits per heavy atom. The Morgan fingerprint density at radius 1 is 1.75 bits per heavy atom. The van der Waals surface area contributed by atoms with E-state index in [4.69, 9.17) is 0 Å². The Kier molecular flexibility index (Phi) is 4.08. The van der Waals surface area contributed by atoms with E-state index in [0.717, 1.165) is 6.42 Å². The van der Waals surface area contributed by atoms with Crippen molar-refractivity contribution in [1.29, 1.82) is 0 Å². The molecule has 0 amide bonds. The zero-order valence-corrected chi connectivity index (χ0v) is 6.63. The summed E-state index contributed by atoms with van der Waals surface area (Å²) in [7, 11) is 2.44. The van der Waals surface area contributed by atoms with Gasteiger partial charge in [0.1, 0.15) is 5.78 Å². The van der Waals surface area contributed by atoms with Crippen LogP contribution in [0.15, 0.2) is 0 Å². The quantitative estimate of drug-likeness (QED) is 0.531. The van der Waals surface area contributed by atoms with Gasteiger partial charge in [0.25, 0.3) is 0 Å². The summed E-state index contributed by atoms with van der Waals surface area (Å²) in [6.07, 6.45) is 1.57. The summed E-state index contributed by atoms with van der Waals surface area (Å²) in [4.78, 5) is 10.7. The number of hydrogen-bond donors (Lipinski definition) is 0. The van der Waals surface area contributed by atoms with Gasteiger partial charge in [0.05, 0.1) is 0 Å². The fraction of sp³-hybridized carbons (Fsp3) is 0.833. The van der Waals surface area contributed by atoms with Gasteiger partial charge in [0.15, 0.2) is 0 Å². The summed E-state index contributed by atoms with van der Waals surface area (Å²) < 4.78 is 0. The molecular formula is C6H13OP. The van der Waals surface area contributed by atoms with Crippen molar-refractivity contribution in [1.82, 2.24) is 0 Å². The largest absolute Gasteiger partial charge is 0.299 e. The van der Waals surface area contributed by atoms with E-state index in [2.05, 4.69) is 9.24 Å². The normalized spacial score (nSPS) is 13.4. The molecule has 0 aliphatic carbocycles. The lowest BCUT2D eigenvalue weighted by Crippen LogP contribution is -2.09. The Labute approximate surface area is 53.1 Å². The molecule has 0 radical (unpaired) electrons. The summed E-state index contributed by atoms with van der Waals surface area (Å²) in [6, 6.07) is 0. The molecule has 0 heterocycles. The van der Waals surface area contributed by atoms with Gasteiger partial charge in [0, 0.05) is 12.1 Å². The molecule has 2 atom stereocenters. The second-order valence-corrected chi connectivity index (χ2v) is 2.39. The number of carbonyl (C=O) groups excluding carboxylic acids is 1. The minimum absolute atomic E-state index is 0.257. The van der Waals surface area contributed by atoms with E-state index < -0.39 is 0 Å². The van der Waals surface area contributed by atoms with Gasteiger partial charge < -0.3 is 0 Å². The number of ketones is 1. The van der Waals surface area contributed by atoms with Crippen molar-refractivity contribution in [2.24, 2.45) is 5.92 Å². The number of rotatable bonds is 3. The average Bonchev–Trinajstić information content (AvgIpc) is 1.84. The maximum Gasteiger partial charge on any atom is 0.139 e. The van der Waals surface area contributed by atoms with Gasteiger partial charge in [0.2, 0.25) is 0 Å². The lowest BCUT2D eigenvalue weighted by atomic mass is 10.1. The smallest absolute Gasteiger partial charge is 0.139 e. The standard InChI is InChI=1S/C6H13OP/c1-3-5(2)6(7)4-8/h5H,3-4,8H2,1-2H3. The molecule has 0 aromatic carbocycles. The fourth-order valence-electron chi connectivity index (χ4n) is 0.429. The molecule has 8 heavy (non-hydrogen) atoms. The van der Waals surface area contributed by atoms with Crippen molar-refractivity contribution in [2.75, 3.05) is 6.16 Å². The average molecular weight is 132 g/mol. The molecule has 0 aliphatic rings. The van der Waals surface area contributed by atoms with Crippen molar-refractivity contribution in [3.63, 3.8) is 0 Å². The first-order valence-electron chi connectivity index (χ1n) is 2.95. The van der Waals surface area contributed by atoms with E-state index in [1.54, 1.807) is 0 Å². The maximum absolute atomic E-state index is 10.7. The first-order chi connectivity index (χ1) is 3.72. The van der Waals surface area contributed by atoms with Gasteiger partial charge in [-0.15, -0.1) is 9.24 Å². The van der Waals surface area contributed by atoms with Crippen molar-refractivity contribution in [2.45, 2.75) is 20.3 Å². The lowest BCUT2D eigenvalue weighted by Gasteiger charge is -2.01. The lowest BCUT2D eigenvalue weighted by molar-refractivity contribution is -0.119. The van der Waals surface area contributed by atoms with Gasteiger partial charge >= 0.3 is 0 Å². The van der Waals surface area contributed by atoms with Gasteiger partial charge in [-0.2, -0.15) is 0 Å². The summed E-state index contributed by atoms with van der Waals surface area (Å²) in [6.45, 7) is 4.00. The maximum atomic E-state index is 10.7. The predicted molar refractivity (Wildman–Crippen MR) is 39.0 cm³/mol. The SMILES string of the molecule is CCC(C)C(=O)CP. The van der Waals surface area contributed by atoms with Gasteiger partial charge in [-0.3, -0.25) is 4.79 Å². The van der Waals surface area contributed by atoms with E-state index in [-0.39, 0.29) is 5.92 Å². The predicted octanol–water partition coefficient (Wildman–Crippen LogP) is 1.48. The van der Waals surface area contributed by atoms with Crippen LogP contribution in [-0.2, 0) is 4.79 Å². The highest BCUT2D eigenvalue weighted by Crippen LogP contribution is 2.03. The third-order valence-electron chi connectivity index (χ3n) is 1.36. The third kappa shape index (κ3) is 2.42. The van der Waals surface area contributed by atoms with E-state index in [0.29, 0.717) is 11.9 Å². The van der Waals surface area contributed by atoms with Crippen LogP contribution in [0, 0.1) is 5.92 Å². The van der Waals surface area contributed by atoms with E-state index in [9.17, 15) is 4.79 Å². The molecule has 0 saturated heterocycles. The van der Waals surface area contributed by atoms with Gasteiger partial charge in [-0.1, -0.05) is 13.8 Å². The monoisotopic (exact) mass is 132 g/mol. The Bertz CT molecular complexity index is 80.6. The highest BCUT2D eigenvalue weighted by atomic mass is 31.0. The van der Waals surface area contributed by atoms with Crippen LogP contribution >= 0.6 is 9.24 Å². The van der Waals surface area contributed by atoms with E-state index >= 15 is 0 Å². The Balaban J connectivity index is 3.46. The van der Waals surface area contributed by atoms with Crippen molar-refractivity contribution in [3.05, 3.63) is 0 Å². The molecule has 2 heteroatoms. The minimum Gasteiger partial charge on any atom is -0.299 e. The molecule has 2 unspecified atom stereocenters. The van der Waals surface area contributed by atoms with Gasteiger partial charge in [-0.05, 0) is 6.42 Å². The van der Waals surface area contributed by atoms with Crippen LogP contribution in [0.5, 0.6) is 0 Å². The molecule has 0 saturated carbocycles. The van der Waals surface area contributed by atoms with Crippen molar-refractivity contribution >= 4 is 15.0 Å². The molecule has 0 aliphatic heterocycles. The first kappa shape index (κ1) is 8.10. The molecule has 0 fully saturated rings. The van der Waals surface area contributed by atoms with Crippen LogP contribution in [0.1, 0.15) is 20.3 Å². The minimum atomic E-state index is 0.257. The van der Waals surface area contributed by atoms with E-state index in [1.807, 2.05) is 13.8 Å². The molecular weight excluding hydrogens is 119 g/mol. The molecule has 0 N–H and O–H groups in total. The molecule has 0 rings (SSSR count). The number of carbonyl (C=O) groups is 1. The van der Waals surface area contributed by atoms with Crippen LogP contribution in [0.3, 0.4) is 0 Å². The van der Waals surface area contributed by atoms with Crippen LogP contribution in [0.25, 0.3) is 0 Å². The second kappa shape index (κ2) is 4.03. The summed E-state index contributed by atoms with van der Waals surface area (Å²) >= 11 is 0. The number of Topliss-reactive ketones (excluding diaryl/α,β-unsaturated/α-hetero) is 1. The van der Waals surface area contributed by atoms with Crippen LogP contribution in [0.2, 0.25) is 0 Å². The van der Waals surface area contributed by atoms with Crippen molar-refractivity contribution < 1.29 is 4.79 Å². The van der Waals surface area contributed by atoms with Crippen LogP contribution in [-0.4, -0.2) is 11.9 Å². The molecule has 0 spiro atoms. The fourth-order valence-corrected chi connectivity index (χ4v) is 0.831. The van der Waals surface area contributed by atoms with E-state index in [1.165, 1.54) is 0 Å². The Morgan fingerprint density at radius 3 is 2.38 bits per heavy atom. The molecule has 0 aromatic heterocycles. The zero-order valence-electron chi connectivity index (χ0n) is 5.48. The van der Waals surface area contributed by atoms with Crippen molar-refractivity contribution in [3.8, 4) is 0 Å². The number of hydrogen-bond acceptors (Lipinski definition) is 1. The van der Waals surface area contributed by atoms with Crippen LogP contribution < -0.4 is 0 Å². The first-order valence-corrected chi connectivity index (χ1v) is 3.76. The summed E-state index contributed by atoms with van der Waals surface area (Å²) in [5, 5.41) is 0. The topological polar surface area (TPSA) is 17.1 Å². The molecule has 0 bridgehead atoms. The second-order valence-electron chi connectivity index (χ2n) is 1.98. The summed E-state index contributed by atoms with van der Waals surface area (Å²) in [5.74, 6) is 0.602. The molecule has 1 nitrogen and oxygen atoms in total. The summed E-state index contributed by atoms with van der Waals surface area (Å²) in [5.41, 5.74) is 0. The molecule has 48 valence electrons. The van der Waals surface area contributed by atoms with Crippen LogP contribution in [0.4, 0.5) is 0 Å². The Hall–Kier alpha value is 0.100. The van der Waals surface area contributed by atoms with Gasteiger partial charge in [-0.25, -0.2) is 0 Å². The third-order valence-corrected chi connectivity index (χ3v) is 1.77. The highest BCUT2D eigenvalue weighted by molar-refractivity contribution is 7.18. The highest BCUT2D eigenvalue weighted by Gasteiger charge is 2.05. The zero-order chi connectivity index (χ0) is 6.57. The molecule has 0 aromatic rings.